The highest BCUT2D eigenvalue weighted by atomic mass is 16.5. The highest BCUT2D eigenvalue weighted by molar-refractivity contribution is 5.85. The van der Waals surface area contributed by atoms with Gasteiger partial charge >= 0.3 is 5.97 Å². The van der Waals surface area contributed by atoms with Crippen LogP contribution >= 0.6 is 0 Å². The number of nitrogens with zero attached hydrogens (tertiary/aromatic N) is 1. The first kappa shape index (κ1) is 21.5. The second-order valence-corrected chi connectivity index (χ2v) is 7.58. The van der Waals surface area contributed by atoms with Gasteiger partial charge in [0.2, 0.25) is 11.8 Å². The number of rotatable bonds is 8. The first-order valence-corrected chi connectivity index (χ1v) is 9.48. The van der Waals surface area contributed by atoms with E-state index >= 15 is 0 Å². The fourth-order valence-electron chi connectivity index (χ4n) is 3.22. The van der Waals surface area contributed by atoms with E-state index < -0.39 is 12.0 Å². The van der Waals surface area contributed by atoms with E-state index in [9.17, 15) is 14.4 Å². The standard InChI is InChI=1S/C19H34N2O4/c1-14(2)11-16(19(24)25-4)20-17(22)12-15(3)13-18(23)21-9-7-5-6-8-10-21/h14-16H,5-13H2,1-4H3,(H,20,22)/t15-,16-/m0/s1. The maximum absolute atomic E-state index is 12.4. The van der Waals surface area contributed by atoms with Gasteiger partial charge < -0.3 is 15.0 Å². The molecule has 0 radical (unpaired) electrons. The lowest BCUT2D eigenvalue weighted by atomic mass is 10.0. The zero-order chi connectivity index (χ0) is 18.8. The van der Waals surface area contributed by atoms with Gasteiger partial charge in [0.25, 0.3) is 0 Å². The molecule has 1 saturated heterocycles. The van der Waals surface area contributed by atoms with Crippen LogP contribution in [0.15, 0.2) is 0 Å². The van der Waals surface area contributed by atoms with Crippen molar-refractivity contribution in [3.63, 3.8) is 0 Å². The van der Waals surface area contributed by atoms with Gasteiger partial charge in [0.05, 0.1) is 7.11 Å². The number of amides is 2. The van der Waals surface area contributed by atoms with Crippen LogP contribution in [0.3, 0.4) is 0 Å². The van der Waals surface area contributed by atoms with Gasteiger partial charge in [-0.05, 0) is 31.1 Å². The summed E-state index contributed by atoms with van der Waals surface area (Å²) < 4.78 is 4.76. The van der Waals surface area contributed by atoms with E-state index in [0.717, 1.165) is 25.9 Å². The van der Waals surface area contributed by atoms with Crippen LogP contribution in [0.1, 0.15) is 65.7 Å². The second-order valence-electron chi connectivity index (χ2n) is 7.58. The average Bonchev–Trinajstić information content (AvgIpc) is 2.82. The van der Waals surface area contributed by atoms with Crippen LogP contribution in [0.25, 0.3) is 0 Å². The number of hydrogen-bond donors (Lipinski definition) is 1. The lowest BCUT2D eigenvalue weighted by molar-refractivity contribution is -0.145. The van der Waals surface area contributed by atoms with Crippen molar-refractivity contribution in [1.29, 1.82) is 0 Å². The lowest BCUT2D eigenvalue weighted by Gasteiger charge is -2.23. The Morgan fingerprint density at radius 1 is 1.00 bits per heavy atom. The largest absolute Gasteiger partial charge is 0.467 e. The Labute approximate surface area is 151 Å². The van der Waals surface area contributed by atoms with Crippen LogP contribution in [0.5, 0.6) is 0 Å². The van der Waals surface area contributed by atoms with E-state index in [1.165, 1.54) is 20.0 Å². The van der Waals surface area contributed by atoms with Crippen molar-refractivity contribution in [3.8, 4) is 0 Å². The summed E-state index contributed by atoms with van der Waals surface area (Å²) in [5, 5.41) is 2.75. The summed E-state index contributed by atoms with van der Waals surface area (Å²) in [6.45, 7) is 7.55. The molecule has 2 amide bonds. The van der Waals surface area contributed by atoms with Gasteiger partial charge in [-0.3, -0.25) is 9.59 Å². The first-order chi connectivity index (χ1) is 11.8. The number of nitrogens with one attached hydrogen (secondary N) is 1. The lowest BCUT2D eigenvalue weighted by Crippen LogP contribution is -2.43. The number of ether oxygens (including phenoxy) is 1. The molecule has 1 rings (SSSR count). The Hall–Kier alpha value is -1.59. The molecule has 1 aliphatic heterocycles. The van der Waals surface area contributed by atoms with E-state index in [2.05, 4.69) is 5.32 Å². The van der Waals surface area contributed by atoms with Crippen LogP contribution in [0.4, 0.5) is 0 Å². The molecule has 1 aliphatic rings. The minimum absolute atomic E-state index is 0.0481. The average molecular weight is 354 g/mol. The third-order valence-electron chi connectivity index (χ3n) is 4.54. The van der Waals surface area contributed by atoms with E-state index in [1.807, 2.05) is 25.7 Å². The predicted molar refractivity (Wildman–Crippen MR) is 96.8 cm³/mol. The SMILES string of the molecule is COC(=O)[C@H](CC(C)C)NC(=O)C[C@H](C)CC(=O)N1CCCCCC1. The molecule has 0 bridgehead atoms. The Morgan fingerprint density at radius 2 is 1.60 bits per heavy atom. The Bertz CT molecular complexity index is 443. The Morgan fingerprint density at radius 3 is 2.12 bits per heavy atom. The quantitative estimate of drug-likeness (QED) is 0.680. The summed E-state index contributed by atoms with van der Waals surface area (Å²) in [6, 6.07) is -0.619. The molecule has 0 spiro atoms. The normalized spacial score (nSPS) is 17.6. The summed E-state index contributed by atoms with van der Waals surface area (Å²) in [6.07, 6.45) is 5.66. The van der Waals surface area contributed by atoms with Crippen LogP contribution in [0.2, 0.25) is 0 Å². The maximum atomic E-state index is 12.4. The van der Waals surface area contributed by atoms with Gasteiger partial charge in [0.15, 0.2) is 0 Å². The van der Waals surface area contributed by atoms with Crippen LogP contribution in [0, 0.1) is 11.8 Å². The number of hydrogen-bond acceptors (Lipinski definition) is 4. The molecule has 1 heterocycles. The molecule has 2 atom stereocenters. The van der Waals surface area contributed by atoms with Crippen molar-refractivity contribution in [2.24, 2.45) is 11.8 Å². The van der Waals surface area contributed by atoms with Gasteiger partial charge in [-0.15, -0.1) is 0 Å². The molecule has 0 saturated carbocycles. The topological polar surface area (TPSA) is 75.7 Å². The molecule has 6 heteroatoms. The zero-order valence-corrected chi connectivity index (χ0v) is 16.2. The fraction of sp³-hybridized carbons (Fsp3) is 0.842. The van der Waals surface area contributed by atoms with E-state index in [0.29, 0.717) is 12.8 Å². The maximum Gasteiger partial charge on any atom is 0.328 e. The van der Waals surface area contributed by atoms with E-state index in [1.54, 1.807) is 0 Å². The van der Waals surface area contributed by atoms with Crippen LogP contribution in [-0.4, -0.2) is 48.9 Å². The molecule has 144 valence electrons. The molecule has 0 aromatic rings. The van der Waals surface area contributed by atoms with Crippen molar-refractivity contribution >= 4 is 17.8 Å². The molecule has 25 heavy (non-hydrogen) atoms. The number of carbonyl (C=O) groups is 3. The molecule has 0 aliphatic carbocycles. The van der Waals surface area contributed by atoms with E-state index in [4.69, 9.17) is 4.74 Å². The molecule has 0 unspecified atom stereocenters. The van der Waals surface area contributed by atoms with Gasteiger partial charge in [-0.2, -0.15) is 0 Å². The summed E-state index contributed by atoms with van der Waals surface area (Å²) in [4.78, 5) is 38.3. The van der Waals surface area contributed by atoms with Gasteiger partial charge in [0.1, 0.15) is 6.04 Å². The van der Waals surface area contributed by atoms with Crippen LogP contribution < -0.4 is 5.32 Å². The molecular weight excluding hydrogens is 320 g/mol. The highest BCUT2D eigenvalue weighted by Gasteiger charge is 2.24. The van der Waals surface area contributed by atoms with Crippen LogP contribution in [-0.2, 0) is 19.1 Å². The van der Waals surface area contributed by atoms with Crippen molar-refractivity contribution < 1.29 is 19.1 Å². The summed E-state index contributed by atoms with van der Waals surface area (Å²) in [7, 11) is 1.32. The molecular formula is C19H34N2O4. The third kappa shape index (κ3) is 8.36. The molecule has 0 aromatic heterocycles. The van der Waals surface area contributed by atoms with Crippen molar-refractivity contribution in [1.82, 2.24) is 10.2 Å². The van der Waals surface area contributed by atoms with Gasteiger partial charge in [-0.25, -0.2) is 4.79 Å². The second kappa shape index (κ2) is 11.1. The predicted octanol–water partition coefficient (Wildman–Crippen LogP) is 2.51. The molecule has 1 fully saturated rings. The number of esters is 1. The van der Waals surface area contributed by atoms with Crippen molar-refractivity contribution in [2.45, 2.75) is 71.8 Å². The number of likely N-dealkylation sites (tertiary alicyclic amines) is 1. The minimum Gasteiger partial charge on any atom is -0.467 e. The van der Waals surface area contributed by atoms with Crippen molar-refractivity contribution in [3.05, 3.63) is 0 Å². The van der Waals surface area contributed by atoms with E-state index in [-0.39, 0.29) is 30.1 Å². The molecule has 1 N–H and O–H groups in total. The highest BCUT2D eigenvalue weighted by Crippen LogP contribution is 2.15. The number of methoxy groups -OCH3 is 1. The number of carbonyl (C=O) groups excluding carboxylic acids is 3. The molecule has 0 aromatic carbocycles. The molecule has 6 nitrogen and oxygen atoms in total. The fourth-order valence-corrected chi connectivity index (χ4v) is 3.22. The smallest absolute Gasteiger partial charge is 0.328 e. The summed E-state index contributed by atoms with van der Waals surface area (Å²) in [5.74, 6) is -0.268. The van der Waals surface area contributed by atoms with Gasteiger partial charge in [-0.1, -0.05) is 33.6 Å². The summed E-state index contributed by atoms with van der Waals surface area (Å²) in [5.41, 5.74) is 0. The zero-order valence-electron chi connectivity index (χ0n) is 16.2. The minimum atomic E-state index is -0.619. The summed E-state index contributed by atoms with van der Waals surface area (Å²) >= 11 is 0. The third-order valence-corrected chi connectivity index (χ3v) is 4.54. The Balaban J connectivity index is 2.45. The first-order valence-electron chi connectivity index (χ1n) is 9.48. The Kier molecular flexibility index (Phi) is 9.53. The monoisotopic (exact) mass is 354 g/mol. The van der Waals surface area contributed by atoms with Gasteiger partial charge in [0, 0.05) is 25.9 Å². The van der Waals surface area contributed by atoms with Crippen molar-refractivity contribution in [2.75, 3.05) is 20.2 Å².